The number of carbonyl (C=O) groups is 3. The topological polar surface area (TPSA) is 156 Å². The lowest BCUT2D eigenvalue weighted by molar-refractivity contribution is -0.121. The summed E-state index contributed by atoms with van der Waals surface area (Å²) in [5.41, 5.74) is 4.59. The van der Waals surface area contributed by atoms with E-state index in [0.29, 0.717) is 37.2 Å². The maximum atomic E-state index is 11.7. The van der Waals surface area contributed by atoms with E-state index in [9.17, 15) is 19.5 Å². The maximum Gasteiger partial charge on any atom is 0.220 e. The Morgan fingerprint density at radius 3 is 1.14 bits per heavy atom. The molecule has 4 aromatic carbocycles. The van der Waals surface area contributed by atoms with Gasteiger partial charge in [-0.2, -0.15) is 0 Å². The molecule has 0 spiro atoms. The van der Waals surface area contributed by atoms with E-state index in [-0.39, 0.29) is 29.1 Å². The molecule has 0 unspecified atom stereocenters. The second-order valence-electron chi connectivity index (χ2n) is 14.6. The van der Waals surface area contributed by atoms with Crippen molar-refractivity contribution in [3.05, 3.63) is 119 Å². The third-order valence-corrected chi connectivity index (χ3v) is 9.04. The predicted molar refractivity (Wildman–Crippen MR) is 236 cm³/mol. The van der Waals surface area contributed by atoms with Crippen molar-refractivity contribution in [3.63, 3.8) is 0 Å². The summed E-state index contributed by atoms with van der Waals surface area (Å²) < 4.78 is 0. The van der Waals surface area contributed by atoms with Crippen molar-refractivity contribution < 1.29 is 34.8 Å². The lowest BCUT2D eigenvalue weighted by Gasteiger charge is -2.05. The van der Waals surface area contributed by atoms with Crippen LogP contribution in [0.5, 0.6) is 23.0 Å². The first-order valence-electron chi connectivity index (χ1n) is 21.0. The highest BCUT2D eigenvalue weighted by molar-refractivity contribution is 5.76. The molecule has 0 saturated carbocycles. The Morgan fingerprint density at radius 1 is 0.431 bits per heavy atom. The van der Waals surface area contributed by atoms with E-state index in [0.717, 1.165) is 82.0 Å². The molecule has 9 heteroatoms. The van der Waals surface area contributed by atoms with E-state index in [1.54, 1.807) is 55.5 Å². The summed E-state index contributed by atoms with van der Waals surface area (Å²) >= 11 is 0. The summed E-state index contributed by atoms with van der Waals surface area (Å²) in [7, 11) is 0. The van der Waals surface area contributed by atoms with E-state index >= 15 is 0 Å². The number of aryl methyl sites for hydroxylation is 4. The van der Waals surface area contributed by atoms with E-state index in [2.05, 4.69) is 24.5 Å². The number of phenols is 4. The molecule has 0 bridgehead atoms. The van der Waals surface area contributed by atoms with Crippen LogP contribution < -0.4 is 10.6 Å². The number of Topliss-reactive ketones (excluding diaryl/α,β-unsaturated/α-hetero) is 1. The van der Waals surface area contributed by atoms with Crippen LogP contribution in [0.4, 0.5) is 0 Å². The molecule has 6 N–H and O–H groups in total. The van der Waals surface area contributed by atoms with Crippen molar-refractivity contribution in [2.45, 2.75) is 130 Å². The molecule has 4 rings (SSSR count). The van der Waals surface area contributed by atoms with Crippen molar-refractivity contribution in [1.82, 2.24) is 10.6 Å². The molecule has 0 radical (unpaired) electrons. The quantitative estimate of drug-likeness (QED) is 0.0458. The molecule has 0 heterocycles. The highest BCUT2D eigenvalue weighted by atomic mass is 16.3. The summed E-state index contributed by atoms with van der Waals surface area (Å²) in [5.74, 6) is 1.64. The zero-order valence-electron chi connectivity index (χ0n) is 35.5. The smallest absolute Gasteiger partial charge is 0.220 e. The van der Waals surface area contributed by atoms with Crippen LogP contribution in [0.15, 0.2) is 97.1 Å². The monoisotopic (exact) mass is 799 g/mol. The van der Waals surface area contributed by atoms with Gasteiger partial charge in [0.15, 0.2) is 0 Å². The van der Waals surface area contributed by atoms with Crippen LogP contribution in [0, 0.1) is 6.92 Å². The fraction of sp³-hybridized carbons (Fsp3) is 0.449. The number of benzene rings is 4. The molecule has 58 heavy (non-hydrogen) atoms. The van der Waals surface area contributed by atoms with Gasteiger partial charge in [0.05, 0.1) is 0 Å². The summed E-state index contributed by atoms with van der Waals surface area (Å²) in [6, 6.07) is 28.4. The highest BCUT2D eigenvalue weighted by Gasteiger charge is 2.03. The lowest BCUT2D eigenvalue weighted by atomic mass is 10.1. The van der Waals surface area contributed by atoms with Gasteiger partial charge in [-0.1, -0.05) is 113 Å². The second kappa shape index (κ2) is 32.7. The van der Waals surface area contributed by atoms with E-state index in [1.165, 1.54) is 30.4 Å². The third kappa shape index (κ3) is 29.0. The zero-order chi connectivity index (χ0) is 42.8. The van der Waals surface area contributed by atoms with Crippen LogP contribution in [-0.2, 0) is 33.6 Å². The molecule has 0 atom stereocenters. The largest absolute Gasteiger partial charge is 0.508 e. The van der Waals surface area contributed by atoms with Gasteiger partial charge in [-0.05, 0) is 118 Å². The molecule has 0 saturated heterocycles. The molecular weight excluding hydrogens is 729 g/mol. The van der Waals surface area contributed by atoms with Gasteiger partial charge < -0.3 is 35.9 Å². The van der Waals surface area contributed by atoms with Crippen molar-refractivity contribution in [1.29, 1.82) is 0 Å². The number of aromatic hydroxyl groups is 4. The van der Waals surface area contributed by atoms with Crippen molar-refractivity contribution in [3.8, 4) is 23.0 Å². The van der Waals surface area contributed by atoms with Gasteiger partial charge in [-0.15, -0.1) is 0 Å². The Balaban J connectivity index is 0.000000415. The predicted octanol–water partition coefficient (Wildman–Crippen LogP) is 10.4. The van der Waals surface area contributed by atoms with Gasteiger partial charge in [0.1, 0.15) is 28.8 Å². The Hall–Kier alpha value is -5.31. The molecular formula is C49H70N2O7. The maximum absolute atomic E-state index is 11.7. The number of nitrogens with one attached hydrogen (secondary N) is 2. The first-order chi connectivity index (χ1) is 27.9. The van der Waals surface area contributed by atoms with Crippen molar-refractivity contribution >= 4 is 17.6 Å². The summed E-state index contributed by atoms with van der Waals surface area (Å²) in [4.78, 5) is 34.0. The third-order valence-electron chi connectivity index (χ3n) is 9.04. The number of carbonyl (C=O) groups excluding carboxylic acids is 3. The molecule has 4 aromatic rings. The number of phenolic OH excluding ortho intramolecular Hbond substituents is 4. The molecule has 0 aliphatic heterocycles. The van der Waals surface area contributed by atoms with Crippen LogP contribution in [0.25, 0.3) is 0 Å². The van der Waals surface area contributed by atoms with Crippen LogP contribution in [-0.4, -0.2) is 51.1 Å². The SMILES string of the molecule is CC(=O)CCCCCCCNC(=O)CCc1ccc(O)cc1.CCCCCCNC(=O)CCc1ccc(O)cc1.CCCc1ccc(O)cc1.Cc1ccc(O)cc1. The van der Waals surface area contributed by atoms with Gasteiger partial charge in [-0.3, -0.25) is 9.59 Å². The fourth-order valence-electron chi connectivity index (χ4n) is 5.55. The number of rotatable bonds is 21. The highest BCUT2D eigenvalue weighted by Crippen LogP contribution is 2.13. The van der Waals surface area contributed by atoms with Crippen LogP contribution in [0.3, 0.4) is 0 Å². The number of hydrogen-bond donors (Lipinski definition) is 6. The van der Waals surface area contributed by atoms with Crippen LogP contribution in [0.1, 0.15) is 126 Å². The molecule has 0 aliphatic rings. The summed E-state index contributed by atoms with van der Waals surface area (Å²) in [5, 5.41) is 41.9. The van der Waals surface area contributed by atoms with Gasteiger partial charge in [-0.25, -0.2) is 0 Å². The number of ketones is 1. The fourth-order valence-corrected chi connectivity index (χ4v) is 5.55. The normalized spacial score (nSPS) is 10.1. The first kappa shape index (κ1) is 50.7. The number of hydrogen-bond acceptors (Lipinski definition) is 7. The minimum atomic E-state index is 0.0738. The average molecular weight is 799 g/mol. The van der Waals surface area contributed by atoms with Crippen LogP contribution in [0.2, 0.25) is 0 Å². The van der Waals surface area contributed by atoms with Crippen molar-refractivity contribution in [2.75, 3.05) is 13.1 Å². The second-order valence-corrected chi connectivity index (χ2v) is 14.6. The Kier molecular flexibility index (Phi) is 28.6. The lowest BCUT2D eigenvalue weighted by Crippen LogP contribution is -2.24. The summed E-state index contributed by atoms with van der Waals surface area (Å²) in [6.07, 6.45) is 15.3. The first-order valence-corrected chi connectivity index (χ1v) is 21.0. The summed E-state index contributed by atoms with van der Waals surface area (Å²) in [6.45, 7) is 9.45. The van der Waals surface area contributed by atoms with Gasteiger partial charge in [0.2, 0.25) is 11.8 Å². The van der Waals surface area contributed by atoms with Gasteiger partial charge >= 0.3 is 0 Å². The molecule has 0 fully saturated rings. The van der Waals surface area contributed by atoms with Crippen molar-refractivity contribution in [2.24, 2.45) is 0 Å². The van der Waals surface area contributed by atoms with Gasteiger partial charge in [0.25, 0.3) is 0 Å². The average Bonchev–Trinajstić information content (AvgIpc) is 3.21. The minimum Gasteiger partial charge on any atom is -0.508 e. The molecule has 9 nitrogen and oxygen atoms in total. The Morgan fingerprint density at radius 2 is 0.776 bits per heavy atom. The zero-order valence-corrected chi connectivity index (χ0v) is 35.5. The van der Waals surface area contributed by atoms with E-state index in [1.807, 2.05) is 55.5 Å². The molecule has 0 aliphatic carbocycles. The van der Waals surface area contributed by atoms with E-state index < -0.39 is 0 Å². The molecule has 318 valence electrons. The van der Waals surface area contributed by atoms with E-state index in [4.69, 9.17) is 15.3 Å². The standard InChI is InChI=1S/C18H27NO3.C15H23NO2.C9H12O.C7H8O/c1-15(20)7-5-3-2-4-6-14-19-18(22)13-10-16-8-11-17(21)12-9-16;1-2-3-4-5-12-16-15(18)11-8-13-6-9-14(17)10-7-13;1-2-3-8-4-6-9(10)7-5-8;1-6-2-4-7(8)5-3-6/h8-9,11-12,21H,2-7,10,13-14H2,1H3,(H,19,22);6-7,9-10,17H,2-5,8,11-12H2,1H3,(H,16,18);4-7,10H,2-3H2,1H3;2-5,8H,1H3. The number of amides is 2. The van der Waals surface area contributed by atoms with Gasteiger partial charge in [0, 0.05) is 32.4 Å². The molecule has 2 amide bonds. The Bertz CT molecular complexity index is 1620. The Labute approximate surface area is 348 Å². The number of unbranched alkanes of at least 4 members (excludes halogenated alkanes) is 7. The molecule has 0 aromatic heterocycles. The van der Waals surface area contributed by atoms with Crippen LogP contribution >= 0.6 is 0 Å². The minimum absolute atomic E-state index is 0.0738.